The minimum Gasteiger partial charge on any atom is -0.349 e. The predicted molar refractivity (Wildman–Crippen MR) is 115 cm³/mol. The van der Waals surface area contributed by atoms with Crippen LogP contribution in [0.5, 0.6) is 0 Å². The van der Waals surface area contributed by atoms with Crippen LogP contribution < -0.4 is 10.6 Å². The number of pyridine rings is 1. The van der Waals surface area contributed by atoms with Gasteiger partial charge in [0.15, 0.2) is 0 Å². The summed E-state index contributed by atoms with van der Waals surface area (Å²) >= 11 is 6.01. The second-order valence-electron chi connectivity index (χ2n) is 8.01. The molecule has 0 aliphatic heterocycles. The van der Waals surface area contributed by atoms with Crippen LogP contribution >= 0.6 is 11.6 Å². The third-order valence-electron chi connectivity index (χ3n) is 5.51. The molecule has 1 heterocycles. The lowest BCUT2D eigenvalue weighted by Gasteiger charge is -2.42. The maximum Gasteiger partial charge on any atom is 0.253 e. The number of benzene rings is 1. The molecule has 0 bridgehead atoms. The molecule has 1 aliphatic rings. The van der Waals surface area contributed by atoms with Crippen molar-refractivity contribution in [3.63, 3.8) is 0 Å². The largest absolute Gasteiger partial charge is 0.349 e. The Morgan fingerprint density at radius 3 is 2.76 bits per heavy atom. The van der Waals surface area contributed by atoms with E-state index in [2.05, 4.69) is 22.5 Å². The molecule has 6 heteroatoms. The second kappa shape index (κ2) is 9.40. The zero-order valence-electron chi connectivity index (χ0n) is 17.0. The number of carbonyl (C=O) groups is 2. The Kier molecular flexibility index (Phi) is 6.91. The van der Waals surface area contributed by atoms with Crippen molar-refractivity contribution in [2.45, 2.75) is 64.0 Å². The maximum atomic E-state index is 12.9. The van der Waals surface area contributed by atoms with Gasteiger partial charge in [-0.25, -0.2) is 0 Å². The summed E-state index contributed by atoms with van der Waals surface area (Å²) in [5.41, 5.74) is 1.77. The zero-order valence-corrected chi connectivity index (χ0v) is 17.8. The Hall–Kier alpha value is -2.40. The number of hydrogen-bond donors (Lipinski definition) is 2. The average molecular weight is 414 g/mol. The molecule has 2 atom stereocenters. The number of hydrogen-bond acceptors (Lipinski definition) is 3. The van der Waals surface area contributed by atoms with Crippen LogP contribution in [0.1, 0.15) is 71.7 Å². The lowest BCUT2D eigenvalue weighted by Crippen LogP contribution is -2.55. The van der Waals surface area contributed by atoms with Crippen molar-refractivity contribution in [3.8, 4) is 0 Å². The van der Waals surface area contributed by atoms with Crippen LogP contribution in [0.25, 0.3) is 0 Å². The molecule has 1 aliphatic carbocycles. The van der Waals surface area contributed by atoms with E-state index in [4.69, 9.17) is 11.6 Å². The van der Waals surface area contributed by atoms with E-state index in [0.29, 0.717) is 16.1 Å². The van der Waals surface area contributed by atoms with Gasteiger partial charge in [0.25, 0.3) is 11.8 Å². The number of amides is 2. The van der Waals surface area contributed by atoms with Crippen molar-refractivity contribution >= 4 is 23.4 Å². The van der Waals surface area contributed by atoms with E-state index in [0.717, 1.165) is 44.1 Å². The van der Waals surface area contributed by atoms with E-state index in [-0.39, 0.29) is 23.4 Å². The highest BCUT2D eigenvalue weighted by Gasteiger charge is 2.37. The van der Waals surface area contributed by atoms with Crippen LogP contribution in [0.15, 0.2) is 42.7 Å². The van der Waals surface area contributed by atoms with E-state index in [9.17, 15) is 9.59 Å². The minimum atomic E-state index is -0.319. The molecular formula is C23H28ClN3O2. The van der Waals surface area contributed by atoms with Gasteiger partial charge in [-0.15, -0.1) is 0 Å². The van der Waals surface area contributed by atoms with Gasteiger partial charge in [0.05, 0.1) is 5.56 Å². The number of carbonyl (C=O) groups excluding carboxylic acids is 2. The van der Waals surface area contributed by atoms with E-state index in [1.165, 1.54) is 0 Å². The van der Waals surface area contributed by atoms with Gasteiger partial charge < -0.3 is 10.6 Å². The summed E-state index contributed by atoms with van der Waals surface area (Å²) in [5, 5.41) is 6.96. The molecular weight excluding hydrogens is 386 g/mol. The zero-order chi connectivity index (χ0) is 20.9. The molecule has 1 aromatic heterocycles. The van der Waals surface area contributed by atoms with Gasteiger partial charge in [-0.1, -0.05) is 31.0 Å². The van der Waals surface area contributed by atoms with Crippen molar-refractivity contribution in [1.82, 2.24) is 15.6 Å². The van der Waals surface area contributed by atoms with Crippen LogP contribution in [0.2, 0.25) is 5.02 Å². The molecule has 1 fully saturated rings. The molecule has 0 radical (unpaired) electrons. The van der Waals surface area contributed by atoms with Crippen molar-refractivity contribution in [1.29, 1.82) is 0 Å². The first kappa shape index (κ1) is 21.3. The van der Waals surface area contributed by atoms with Crippen LogP contribution in [0.3, 0.4) is 0 Å². The number of nitrogens with zero attached hydrogens (tertiary/aromatic N) is 1. The summed E-state index contributed by atoms with van der Waals surface area (Å²) < 4.78 is 0. The molecule has 2 aromatic rings. The molecule has 3 rings (SSSR count). The summed E-state index contributed by atoms with van der Waals surface area (Å²) in [7, 11) is 0. The highest BCUT2D eigenvalue weighted by molar-refractivity contribution is 6.30. The first-order valence-corrected chi connectivity index (χ1v) is 10.6. The van der Waals surface area contributed by atoms with E-state index >= 15 is 0 Å². The smallest absolute Gasteiger partial charge is 0.253 e. The third kappa shape index (κ3) is 5.57. The highest BCUT2D eigenvalue weighted by Crippen LogP contribution is 2.33. The van der Waals surface area contributed by atoms with Crippen LogP contribution in [0.4, 0.5) is 0 Å². The Bertz CT molecular complexity index is 882. The van der Waals surface area contributed by atoms with Gasteiger partial charge in [-0.3, -0.25) is 14.6 Å². The van der Waals surface area contributed by atoms with Crippen LogP contribution in [-0.4, -0.2) is 28.4 Å². The molecule has 2 unspecified atom stereocenters. The molecule has 154 valence electrons. The first-order chi connectivity index (χ1) is 13.9. The molecule has 0 spiro atoms. The average Bonchev–Trinajstić information content (AvgIpc) is 2.68. The summed E-state index contributed by atoms with van der Waals surface area (Å²) in [6.45, 7) is 4.05. The molecule has 0 saturated heterocycles. The lowest BCUT2D eigenvalue weighted by atomic mass is 9.76. The van der Waals surface area contributed by atoms with Gasteiger partial charge in [-0.05, 0) is 68.9 Å². The van der Waals surface area contributed by atoms with E-state index in [1.807, 2.05) is 13.0 Å². The summed E-state index contributed by atoms with van der Waals surface area (Å²) in [5.74, 6) is -0.226. The van der Waals surface area contributed by atoms with Crippen LogP contribution in [0, 0.1) is 6.92 Å². The first-order valence-electron chi connectivity index (χ1n) is 10.2. The van der Waals surface area contributed by atoms with Gasteiger partial charge in [0.1, 0.15) is 0 Å². The van der Waals surface area contributed by atoms with Crippen molar-refractivity contribution in [2.75, 3.05) is 0 Å². The molecule has 5 nitrogen and oxygen atoms in total. The van der Waals surface area contributed by atoms with Gasteiger partial charge in [0, 0.05) is 34.6 Å². The van der Waals surface area contributed by atoms with E-state index < -0.39 is 0 Å². The second-order valence-corrected chi connectivity index (χ2v) is 8.45. The summed E-state index contributed by atoms with van der Waals surface area (Å²) in [6, 6.07) is 8.82. The SMILES string of the molecule is CCCC1(NC(=O)c2cncc(C)c2)CCCC(NC(=O)c2cccc(Cl)c2)C1. The number of aromatic nitrogens is 1. The molecule has 29 heavy (non-hydrogen) atoms. The third-order valence-corrected chi connectivity index (χ3v) is 5.75. The summed E-state index contributed by atoms with van der Waals surface area (Å²) in [4.78, 5) is 29.7. The van der Waals surface area contributed by atoms with Crippen molar-refractivity contribution < 1.29 is 9.59 Å². The maximum absolute atomic E-state index is 12.9. The minimum absolute atomic E-state index is 0.0118. The van der Waals surface area contributed by atoms with Gasteiger partial charge in [-0.2, -0.15) is 0 Å². The predicted octanol–water partition coefficient (Wildman–Crippen LogP) is 4.68. The summed E-state index contributed by atoms with van der Waals surface area (Å²) in [6.07, 6.45) is 8.66. The topological polar surface area (TPSA) is 71.1 Å². The van der Waals surface area contributed by atoms with E-state index in [1.54, 1.807) is 36.7 Å². The molecule has 2 N–H and O–H groups in total. The monoisotopic (exact) mass is 413 g/mol. The fraction of sp³-hybridized carbons (Fsp3) is 0.435. The fourth-order valence-corrected chi connectivity index (χ4v) is 4.45. The number of halogens is 1. The molecule has 1 saturated carbocycles. The Balaban J connectivity index is 1.71. The number of aryl methyl sites for hydroxylation is 1. The quantitative estimate of drug-likeness (QED) is 0.721. The van der Waals surface area contributed by atoms with Crippen molar-refractivity contribution in [3.05, 3.63) is 64.4 Å². The number of rotatable bonds is 6. The van der Waals surface area contributed by atoms with Gasteiger partial charge in [0.2, 0.25) is 0 Å². The van der Waals surface area contributed by atoms with Gasteiger partial charge >= 0.3 is 0 Å². The normalized spacial score (nSPS) is 21.4. The Labute approximate surface area is 177 Å². The van der Waals surface area contributed by atoms with Crippen LogP contribution in [-0.2, 0) is 0 Å². The Morgan fingerprint density at radius 2 is 2.03 bits per heavy atom. The standard InChI is InChI=1S/C23H28ClN3O2/c1-3-9-23(27-22(29)18-11-16(2)14-25-15-18)10-5-8-20(13-23)26-21(28)17-6-4-7-19(24)12-17/h4,6-7,11-12,14-15,20H,3,5,8-10,13H2,1-2H3,(H,26,28)(H,27,29). The highest BCUT2D eigenvalue weighted by atomic mass is 35.5. The van der Waals surface area contributed by atoms with Crippen molar-refractivity contribution in [2.24, 2.45) is 0 Å². The lowest BCUT2D eigenvalue weighted by molar-refractivity contribution is 0.0818. The molecule has 2 amide bonds. The number of nitrogens with one attached hydrogen (secondary N) is 2. The Morgan fingerprint density at radius 1 is 1.21 bits per heavy atom. The molecule has 1 aromatic carbocycles. The fourth-order valence-electron chi connectivity index (χ4n) is 4.26.